The Hall–Kier alpha value is -1.03. The summed E-state index contributed by atoms with van der Waals surface area (Å²) >= 11 is 0. The molecule has 1 atom stereocenters. The Kier molecular flexibility index (Phi) is 1.99. The van der Waals surface area contributed by atoms with Crippen LogP contribution in [0.3, 0.4) is 0 Å². The molecule has 1 fully saturated rings. The van der Waals surface area contributed by atoms with Crippen molar-refractivity contribution in [2.24, 2.45) is 5.92 Å². The molecule has 66 valence electrons. The lowest BCUT2D eigenvalue weighted by Gasteiger charge is -2.04. The summed E-state index contributed by atoms with van der Waals surface area (Å²) in [6.07, 6.45) is 2.19. The zero-order chi connectivity index (χ0) is 8.39. The minimum atomic E-state index is -0.0315. The van der Waals surface area contributed by atoms with Crippen LogP contribution >= 0.6 is 0 Å². The van der Waals surface area contributed by atoms with Crippen LogP contribution in [0, 0.1) is 5.92 Å². The summed E-state index contributed by atoms with van der Waals surface area (Å²) in [6.45, 7) is 2.19. The maximum Gasteiger partial charge on any atom is 0.264 e. The first-order valence-electron chi connectivity index (χ1n) is 4.32. The maximum atomic E-state index is 10.8. The van der Waals surface area contributed by atoms with Gasteiger partial charge in [0.25, 0.3) is 5.56 Å². The van der Waals surface area contributed by atoms with Crippen molar-refractivity contribution in [1.29, 1.82) is 0 Å². The highest BCUT2D eigenvalue weighted by Gasteiger charge is 2.15. The average molecular weight is 167 g/mol. The summed E-state index contributed by atoms with van der Waals surface area (Å²) in [5, 5.41) is 8.71. The van der Waals surface area contributed by atoms with E-state index in [1.165, 1.54) is 6.42 Å². The van der Waals surface area contributed by atoms with Gasteiger partial charge in [-0.05, 0) is 31.8 Å². The van der Waals surface area contributed by atoms with Crippen LogP contribution in [-0.4, -0.2) is 23.3 Å². The molecule has 12 heavy (non-hydrogen) atoms. The lowest BCUT2D eigenvalue weighted by molar-refractivity contribution is 0.571. The zero-order valence-corrected chi connectivity index (χ0v) is 6.89. The second kappa shape index (κ2) is 3.15. The minimum Gasteiger partial charge on any atom is -0.316 e. The predicted molar refractivity (Wildman–Crippen MR) is 46.1 cm³/mol. The van der Waals surface area contributed by atoms with Gasteiger partial charge in [0, 0.05) is 11.8 Å². The van der Waals surface area contributed by atoms with Crippen molar-refractivity contribution < 1.29 is 0 Å². The zero-order valence-electron chi connectivity index (χ0n) is 6.89. The molecule has 1 unspecified atom stereocenters. The first-order valence-corrected chi connectivity index (χ1v) is 4.32. The molecule has 0 bridgehead atoms. The van der Waals surface area contributed by atoms with E-state index in [0.717, 1.165) is 25.2 Å². The van der Waals surface area contributed by atoms with E-state index in [2.05, 4.69) is 15.5 Å². The van der Waals surface area contributed by atoms with Crippen LogP contribution in [0.5, 0.6) is 0 Å². The van der Waals surface area contributed by atoms with Gasteiger partial charge in [-0.15, -0.1) is 0 Å². The molecular weight excluding hydrogens is 154 g/mol. The van der Waals surface area contributed by atoms with E-state index in [1.807, 2.05) is 0 Å². The Morgan fingerprint density at radius 1 is 1.50 bits per heavy atom. The summed E-state index contributed by atoms with van der Waals surface area (Å²) in [4.78, 5) is 10.8. The number of hydrogen-bond acceptors (Lipinski definition) is 2. The number of rotatable bonds is 2. The molecule has 4 heteroatoms. The van der Waals surface area contributed by atoms with Gasteiger partial charge in [0.15, 0.2) is 0 Å². The Morgan fingerprint density at radius 3 is 3.00 bits per heavy atom. The highest BCUT2D eigenvalue weighted by molar-refractivity contribution is 5.00. The van der Waals surface area contributed by atoms with Crippen molar-refractivity contribution in [1.82, 2.24) is 15.5 Å². The van der Waals surface area contributed by atoms with E-state index in [1.54, 1.807) is 6.07 Å². The van der Waals surface area contributed by atoms with E-state index in [-0.39, 0.29) is 5.56 Å². The molecule has 1 aliphatic rings. The lowest BCUT2D eigenvalue weighted by atomic mass is 10.0. The summed E-state index contributed by atoms with van der Waals surface area (Å²) in [6, 6.07) is 1.64. The van der Waals surface area contributed by atoms with Crippen LogP contribution in [-0.2, 0) is 6.42 Å². The van der Waals surface area contributed by atoms with Crippen molar-refractivity contribution >= 4 is 0 Å². The second-order valence-electron chi connectivity index (χ2n) is 3.35. The van der Waals surface area contributed by atoms with Gasteiger partial charge >= 0.3 is 0 Å². The first kappa shape index (κ1) is 7.61. The van der Waals surface area contributed by atoms with Crippen LogP contribution in [0.25, 0.3) is 0 Å². The van der Waals surface area contributed by atoms with Gasteiger partial charge < -0.3 is 10.4 Å². The average Bonchev–Trinajstić information content (AvgIpc) is 2.63. The highest BCUT2D eigenvalue weighted by atomic mass is 16.1. The monoisotopic (exact) mass is 167 g/mol. The van der Waals surface area contributed by atoms with Gasteiger partial charge in [-0.3, -0.25) is 9.89 Å². The number of aromatic nitrogens is 2. The topological polar surface area (TPSA) is 60.7 Å². The van der Waals surface area contributed by atoms with Crippen LogP contribution < -0.4 is 10.9 Å². The lowest BCUT2D eigenvalue weighted by Crippen LogP contribution is -2.10. The van der Waals surface area contributed by atoms with Crippen molar-refractivity contribution in [3.63, 3.8) is 0 Å². The molecule has 2 heterocycles. The van der Waals surface area contributed by atoms with Crippen LogP contribution in [0.2, 0.25) is 0 Å². The molecule has 3 N–H and O–H groups in total. The van der Waals surface area contributed by atoms with Crippen LogP contribution in [0.1, 0.15) is 12.1 Å². The molecule has 2 rings (SSSR count). The molecule has 1 saturated heterocycles. The molecule has 0 aliphatic carbocycles. The Bertz CT molecular complexity index is 295. The summed E-state index contributed by atoms with van der Waals surface area (Å²) in [5.41, 5.74) is 0.990. The molecule has 1 aliphatic heterocycles. The van der Waals surface area contributed by atoms with Gasteiger partial charge in [0.1, 0.15) is 0 Å². The highest BCUT2D eigenvalue weighted by Crippen LogP contribution is 2.11. The second-order valence-corrected chi connectivity index (χ2v) is 3.35. The summed E-state index contributed by atoms with van der Waals surface area (Å²) < 4.78 is 0. The fourth-order valence-corrected chi connectivity index (χ4v) is 1.68. The van der Waals surface area contributed by atoms with Gasteiger partial charge in [0.05, 0.1) is 0 Å². The van der Waals surface area contributed by atoms with Crippen LogP contribution in [0.4, 0.5) is 0 Å². The minimum absolute atomic E-state index is 0.0315. The Labute approximate surface area is 70.4 Å². The van der Waals surface area contributed by atoms with Crippen molar-refractivity contribution in [3.8, 4) is 0 Å². The molecular formula is C8H13N3O. The van der Waals surface area contributed by atoms with E-state index in [4.69, 9.17) is 0 Å². The molecule has 1 aromatic heterocycles. The molecule has 4 nitrogen and oxygen atoms in total. The molecule has 0 radical (unpaired) electrons. The van der Waals surface area contributed by atoms with Crippen molar-refractivity contribution in [3.05, 3.63) is 22.1 Å². The normalized spacial score (nSPS) is 23.2. The van der Waals surface area contributed by atoms with E-state index >= 15 is 0 Å². The van der Waals surface area contributed by atoms with Crippen LogP contribution in [0.15, 0.2) is 10.9 Å². The third kappa shape index (κ3) is 1.58. The standard InChI is InChI=1S/C8H13N3O/c12-8-4-7(10-11-8)3-6-1-2-9-5-6/h4,6,9H,1-3,5H2,(H2,10,11,12). The molecule has 0 spiro atoms. The van der Waals surface area contributed by atoms with E-state index < -0.39 is 0 Å². The quantitative estimate of drug-likeness (QED) is 0.574. The molecule has 1 aromatic rings. The number of hydrogen-bond donors (Lipinski definition) is 3. The molecule has 0 amide bonds. The molecule has 0 saturated carbocycles. The van der Waals surface area contributed by atoms with Gasteiger partial charge in [-0.1, -0.05) is 0 Å². The van der Waals surface area contributed by atoms with E-state index in [9.17, 15) is 4.79 Å². The maximum absolute atomic E-state index is 10.8. The largest absolute Gasteiger partial charge is 0.316 e. The number of H-pyrrole nitrogens is 2. The third-order valence-electron chi connectivity index (χ3n) is 2.32. The first-order chi connectivity index (χ1) is 5.84. The summed E-state index contributed by atoms with van der Waals surface area (Å²) in [7, 11) is 0. The van der Waals surface area contributed by atoms with E-state index in [0.29, 0.717) is 5.92 Å². The van der Waals surface area contributed by atoms with Crippen molar-refractivity contribution in [2.75, 3.05) is 13.1 Å². The fourth-order valence-electron chi connectivity index (χ4n) is 1.68. The Balaban J connectivity index is 1.98. The smallest absolute Gasteiger partial charge is 0.264 e. The SMILES string of the molecule is O=c1cc(CC2CCNC2)[nH][nH]1. The molecule has 0 aromatic carbocycles. The fraction of sp³-hybridized carbons (Fsp3) is 0.625. The third-order valence-corrected chi connectivity index (χ3v) is 2.32. The Morgan fingerprint density at radius 2 is 2.42 bits per heavy atom. The number of nitrogens with one attached hydrogen (secondary N) is 3. The summed E-state index contributed by atoms with van der Waals surface area (Å²) in [5.74, 6) is 0.691. The number of aromatic amines is 2. The van der Waals surface area contributed by atoms with Gasteiger partial charge in [0.2, 0.25) is 0 Å². The predicted octanol–water partition coefficient (Wildman–Crippen LogP) is -0.145. The van der Waals surface area contributed by atoms with Gasteiger partial charge in [-0.2, -0.15) is 0 Å². The van der Waals surface area contributed by atoms with Gasteiger partial charge in [-0.25, -0.2) is 0 Å². The van der Waals surface area contributed by atoms with Crippen molar-refractivity contribution in [2.45, 2.75) is 12.8 Å².